The first-order chi connectivity index (χ1) is 4.70. The van der Waals surface area contributed by atoms with E-state index in [1.165, 1.54) is 7.11 Å². The molecule has 1 atom stereocenters. The van der Waals surface area contributed by atoms with Gasteiger partial charge in [-0.05, 0) is 6.42 Å². The van der Waals surface area contributed by atoms with Gasteiger partial charge in [0, 0.05) is 0 Å². The van der Waals surface area contributed by atoms with Crippen LogP contribution in [0.4, 0.5) is 4.79 Å². The van der Waals surface area contributed by atoms with E-state index >= 15 is 0 Å². The molecular weight excluding hydrogens is 156 g/mol. The normalized spacial score (nSPS) is 12.3. The van der Waals surface area contributed by atoms with Crippen molar-refractivity contribution in [2.45, 2.75) is 25.3 Å². The van der Waals surface area contributed by atoms with E-state index in [2.05, 4.69) is 9.47 Å². The minimum atomic E-state index is -0.728. The van der Waals surface area contributed by atoms with Crippen molar-refractivity contribution in [1.29, 1.82) is 0 Å². The zero-order chi connectivity index (χ0) is 7.98. The average molecular weight is 167 g/mol. The van der Waals surface area contributed by atoms with Crippen LogP contribution in [0.3, 0.4) is 0 Å². The molecule has 0 N–H and O–H groups in total. The van der Waals surface area contributed by atoms with Crippen molar-refractivity contribution in [2.75, 3.05) is 7.11 Å². The summed E-state index contributed by atoms with van der Waals surface area (Å²) in [4.78, 5) is 10.4. The van der Waals surface area contributed by atoms with Crippen LogP contribution in [-0.4, -0.2) is 18.8 Å². The molecule has 0 aliphatic rings. The molecule has 0 saturated carbocycles. The molecule has 0 radical (unpaired) electrons. The van der Waals surface area contributed by atoms with Gasteiger partial charge in [0.25, 0.3) is 0 Å². The van der Waals surface area contributed by atoms with Gasteiger partial charge in [-0.15, -0.1) is 0 Å². The zero-order valence-electron chi connectivity index (χ0n) is 6.09. The lowest BCUT2D eigenvalue weighted by Crippen LogP contribution is -2.11. The molecule has 10 heavy (non-hydrogen) atoms. The number of hydrogen-bond acceptors (Lipinski definition) is 3. The minimum Gasteiger partial charge on any atom is -0.438 e. The first kappa shape index (κ1) is 9.56. The molecular formula is C6H11ClO3. The van der Waals surface area contributed by atoms with Crippen LogP contribution in [-0.2, 0) is 9.47 Å². The predicted octanol–water partition coefficient (Wildman–Crippen LogP) is 2.13. The Morgan fingerprint density at radius 2 is 2.30 bits per heavy atom. The van der Waals surface area contributed by atoms with Gasteiger partial charge < -0.3 is 9.47 Å². The molecule has 0 fully saturated rings. The van der Waals surface area contributed by atoms with Crippen LogP contribution >= 0.6 is 11.6 Å². The Bertz CT molecular complexity index is 105. The molecule has 0 rings (SSSR count). The molecule has 4 heteroatoms. The number of halogens is 1. The molecule has 0 aromatic carbocycles. The monoisotopic (exact) mass is 166 g/mol. The molecule has 0 aliphatic heterocycles. The van der Waals surface area contributed by atoms with Crippen LogP contribution in [0.5, 0.6) is 0 Å². The van der Waals surface area contributed by atoms with Gasteiger partial charge in [-0.2, -0.15) is 0 Å². The maximum absolute atomic E-state index is 10.4. The first-order valence-corrected chi connectivity index (χ1v) is 3.53. The van der Waals surface area contributed by atoms with Gasteiger partial charge in [-0.25, -0.2) is 4.79 Å². The third-order valence-electron chi connectivity index (χ3n) is 0.906. The van der Waals surface area contributed by atoms with Crippen LogP contribution in [0.25, 0.3) is 0 Å². The fourth-order valence-corrected chi connectivity index (χ4v) is 0.729. The van der Waals surface area contributed by atoms with Gasteiger partial charge in [-0.1, -0.05) is 24.9 Å². The first-order valence-electron chi connectivity index (χ1n) is 3.09. The standard InChI is InChI=1S/C6H11ClO3/c1-3-4-5(7)10-6(8)9-2/h5H,3-4H2,1-2H3. The predicted molar refractivity (Wildman–Crippen MR) is 38.0 cm³/mol. The van der Waals surface area contributed by atoms with Crippen molar-refractivity contribution >= 4 is 17.8 Å². The Morgan fingerprint density at radius 1 is 1.70 bits per heavy atom. The van der Waals surface area contributed by atoms with E-state index in [9.17, 15) is 4.79 Å². The van der Waals surface area contributed by atoms with E-state index in [4.69, 9.17) is 11.6 Å². The highest BCUT2D eigenvalue weighted by atomic mass is 35.5. The highest BCUT2D eigenvalue weighted by Crippen LogP contribution is 2.06. The second kappa shape index (κ2) is 5.35. The lowest BCUT2D eigenvalue weighted by atomic mass is 10.4. The van der Waals surface area contributed by atoms with Crippen LogP contribution < -0.4 is 0 Å². The number of methoxy groups -OCH3 is 1. The number of carbonyl (C=O) groups is 1. The maximum atomic E-state index is 10.4. The Labute approximate surface area is 65.3 Å². The third-order valence-corrected chi connectivity index (χ3v) is 1.21. The molecule has 0 aromatic heterocycles. The fourth-order valence-electron chi connectivity index (χ4n) is 0.438. The Balaban J connectivity index is 3.37. The molecule has 3 nitrogen and oxygen atoms in total. The minimum absolute atomic E-state index is 0.558. The summed E-state index contributed by atoms with van der Waals surface area (Å²) in [5, 5.41) is 0. The molecule has 0 saturated heterocycles. The lowest BCUT2D eigenvalue weighted by molar-refractivity contribution is 0.0598. The molecule has 0 bridgehead atoms. The lowest BCUT2D eigenvalue weighted by Gasteiger charge is -2.07. The average Bonchev–Trinajstić information content (AvgIpc) is 1.88. The summed E-state index contributed by atoms with van der Waals surface area (Å²) in [6, 6.07) is 0. The van der Waals surface area contributed by atoms with Crippen molar-refractivity contribution in [3.05, 3.63) is 0 Å². The summed E-state index contributed by atoms with van der Waals surface area (Å²) in [5.41, 5.74) is -0.558. The molecule has 1 unspecified atom stereocenters. The molecule has 0 amide bonds. The van der Waals surface area contributed by atoms with Crippen LogP contribution in [0.15, 0.2) is 0 Å². The van der Waals surface area contributed by atoms with Gasteiger partial charge in [0.15, 0.2) is 5.56 Å². The van der Waals surface area contributed by atoms with Crippen LogP contribution in [0.1, 0.15) is 19.8 Å². The van der Waals surface area contributed by atoms with Crippen molar-refractivity contribution < 1.29 is 14.3 Å². The Morgan fingerprint density at radius 3 is 2.70 bits per heavy atom. The smallest absolute Gasteiger partial charge is 0.438 e. The van der Waals surface area contributed by atoms with Gasteiger partial charge >= 0.3 is 6.16 Å². The summed E-state index contributed by atoms with van der Waals surface area (Å²) in [6.07, 6.45) is 0.801. The second-order valence-electron chi connectivity index (χ2n) is 1.77. The van der Waals surface area contributed by atoms with Crippen molar-refractivity contribution in [3.63, 3.8) is 0 Å². The summed E-state index contributed by atoms with van der Waals surface area (Å²) in [5.74, 6) is 0. The maximum Gasteiger partial charge on any atom is 0.509 e. The van der Waals surface area contributed by atoms with Crippen molar-refractivity contribution in [1.82, 2.24) is 0 Å². The van der Waals surface area contributed by atoms with Gasteiger partial charge in [0.1, 0.15) is 0 Å². The number of ether oxygens (including phenoxy) is 2. The Kier molecular flexibility index (Phi) is 5.12. The molecule has 0 aliphatic carbocycles. The second-order valence-corrected chi connectivity index (χ2v) is 2.26. The van der Waals surface area contributed by atoms with E-state index in [1.54, 1.807) is 0 Å². The van der Waals surface area contributed by atoms with E-state index in [0.717, 1.165) is 6.42 Å². The van der Waals surface area contributed by atoms with E-state index in [1.807, 2.05) is 6.92 Å². The van der Waals surface area contributed by atoms with E-state index in [0.29, 0.717) is 6.42 Å². The zero-order valence-corrected chi connectivity index (χ0v) is 6.85. The largest absolute Gasteiger partial charge is 0.509 e. The SMILES string of the molecule is CCCC(Cl)OC(=O)OC. The van der Waals surface area contributed by atoms with Crippen LogP contribution in [0, 0.1) is 0 Å². The van der Waals surface area contributed by atoms with Crippen molar-refractivity contribution in [3.8, 4) is 0 Å². The summed E-state index contributed by atoms with van der Waals surface area (Å²) in [6.45, 7) is 1.95. The number of hydrogen-bond donors (Lipinski definition) is 0. The molecule has 0 heterocycles. The summed E-state index contributed by atoms with van der Waals surface area (Å²) < 4.78 is 8.77. The molecule has 0 spiro atoms. The third kappa shape index (κ3) is 4.44. The van der Waals surface area contributed by atoms with Crippen molar-refractivity contribution in [2.24, 2.45) is 0 Å². The number of carbonyl (C=O) groups excluding carboxylic acids is 1. The highest BCUT2D eigenvalue weighted by molar-refractivity contribution is 6.20. The van der Waals surface area contributed by atoms with Gasteiger partial charge in [-0.3, -0.25) is 0 Å². The van der Waals surface area contributed by atoms with Gasteiger partial charge in [0.2, 0.25) is 0 Å². The number of alkyl halides is 1. The highest BCUT2D eigenvalue weighted by Gasteiger charge is 2.08. The quantitative estimate of drug-likeness (QED) is 0.476. The molecule has 60 valence electrons. The van der Waals surface area contributed by atoms with E-state index < -0.39 is 11.7 Å². The Hall–Kier alpha value is -0.440. The van der Waals surface area contributed by atoms with Crippen LogP contribution in [0.2, 0.25) is 0 Å². The summed E-state index contributed by atoms with van der Waals surface area (Å²) >= 11 is 5.53. The number of rotatable bonds is 3. The summed E-state index contributed by atoms with van der Waals surface area (Å²) in [7, 11) is 1.25. The molecule has 0 aromatic rings. The topological polar surface area (TPSA) is 35.5 Å². The fraction of sp³-hybridized carbons (Fsp3) is 0.833. The van der Waals surface area contributed by atoms with E-state index in [-0.39, 0.29) is 0 Å². The van der Waals surface area contributed by atoms with Gasteiger partial charge in [0.05, 0.1) is 7.11 Å².